The Kier molecular flexibility index (Phi) is 4.87. The summed E-state index contributed by atoms with van der Waals surface area (Å²) in [7, 11) is 0. The number of nitrogens with zero attached hydrogens (tertiary/aromatic N) is 3. The van der Waals surface area contributed by atoms with E-state index in [1.165, 1.54) is 4.88 Å². The molecular weight excluding hydrogens is 298 g/mol. The average Bonchev–Trinajstić information content (AvgIpc) is 3.25. The molecule has 2 aromatic heterocycles. The van der Waals surface area contributed by atoms with Crippen molar-refractivity contribution in [1.29, 1.82) is 0 Å². The molecule has 2 aromatic rings. The van der Waals surface area contributed by atoms with Crippen molar-refractivity contribution in [3.8, 4) is 0 Å². The average molecular weight is 319 g/mol. The molecule has 3 rings (SSSR count). The van der Waals surface area contributed by atoms with Crippen molar-refractivity contribution in [2.24, 2.45) is 0 Å². The molecule has 0 spiro atoms. The smallest absolute Gasteiger partial charge is 0.227 e. The maximum atomic E-state index is 12.5. The SMILES string of the molecule is CCCc1noc(CCC(=O)N2CCC[C@@H]2c2cccs2)n1. The van der Waals surface area contributed by atoms with Crippen molar-refractivity contribution in [1.82, 2.24) is 15.0 Å². The Hall–Kier alpha value is -1.69. The zero-order valence-corrected chi connectivity index (χ0v) is 13.6. The third kappa shape index (κ3) is 3.38. The van der Waals surface area contributed by atoms with Gasteiger partial charge in [0.2, 0.25) is 11.8 Å². The van der Waals surface area contributed by atoms with Gasteiger partial charge in [-0.25, -0.2) is 0 Å². The lowest BCUT2D eigenvalue weighted by Gasteiger charge is -2.23. The van der Waals surface area contributed by atoms with E-state index in [0.29, 0.717) is 18.7 Å². The molecule has 0 aromatic carbocycles. The number of amides is 1. The topological polar surface area (TPSA) is 59.2 Å². The van der Waals surface area contributed by atoms with Crippen LogP contribution in [0.3, 0.4) is 0 Å². The number of carbonyl (C=O) groups excluding carboxylic acids is 1. The highest BCUT2D eigenvalue weighted by Crippen LogP contribution is 2.34. The molecule has 3 heterocycles. The van der Waals surface area contributed by atoms with E-state index < -0.39 is 0 Å². The van der Waals surface area contributed by atoms with Crippen molar-refractivity contribution in [3.05, 3.63) is 34.1 Å². The lowest BCUT2D eigenvalue weighted by molar-refractivity contribution is -0.132. The first-order valence-corrected chi connectivity index (χ1v) is 8.80. The van der Waals surface area contributed by atoms with Crippen LogP contribution in [0.4, 0.5) is 0 Å². The molecule has 1 fully saturated rings. The molecule has 0 N–H and O–H groups in total. The fourth-order valence-electron chi connectivity index (χ4n) is 2.92. The number of thiophene rings is 1. The zero-order valence-electron chi connectivity index (χ0n) is 12.8. The molecule has 0 bridgehead atoms. The number of aromatic nitrogens is 2. The summed E-state index contributed by atoms with van der Waals surface area (Å²) in [5.74, 6) is 1.50. The van der Waals surface area contributed by atoms with E-state index >= 15 is 0 Å². The van der Waals surface area contributed by atoms with Crippen LogP contribution in [0.5, 0.6) is 0 Å². The normalized spacial score (nSPS) is 18.0. The molecule has 1 aliphatic heterocycles. The fraction of sp³-hybridized carbons (Fsp3) is 0.562. The standard InChI is InChI=1S/C16H21N3O2S/c1-2-5-14-17-15(21-18-14)8-9-16(20)19-10-3-6-12(19)13-7-4-11-22-13/h4,7,11-12H,2-3,5-6,8-10H2,1H3/t12-/m1/s1. The van der Waals surface area contributed by atoms with Crippen LogP contribution in [0.2, 0.25) is 0 Å². The highest BCUT2D eigenvalue weighted by Gasteiger charge is 2.30. The van der Waals surface area contributed by atoms with Crippen molar-refractivity contribution in [3.63, 3.8) is 0 Å². The van der Waals surface area contributed by atoms with Crippen molar-refractivity contribution in [2.45, 2.75) is 51.5 Å². The van der Waals surface area contributed by atoms with E-state index in [4.69, 9.17) is 4.52 Å². The summed E-state index contributed by atoms with van der Waals surface area (Å²) in [6.45, 7) is 2.93. The van der Waals surface area contributed by atoms with Gasteiger partial charge in [-0.05, 0) is 30.7 Å². The highest BCUT2D eigenvalue weighted by molar-refractivity contribution is 7.10. The molecule has 1 atom stereocenters. The number of carbonyl (C=O) groups is 1. The Morgan fingerprint density at radius 2 is 2.41 bits per heavy atom. The Balaban J connectivity index is 1.56. The van der Waals surface area contributed by atoms with E-state index in [1.807, 2.05) is 4.90 Å². The second kappa shape index (κ2) is 7.05. The summed E-state index contributed by atoms with van der Waals surface area (Å²) in [5.41, 5.74) is 0. The van der Waals surface area contributed by atoms with Gasteiger partial charge in [0.1, 0.15) is 0 Å². The van der Waals surface area contributed by atoms with E-state index in [2.05, 4.69) is 34.6 Å². The van der Waals surface area contributed by atoms with Crippen LogP contribution in [0, 0.1) is 0 Å². The predicted molar refractivity (Wildman–Crippen MR) is 84.6 cm³/mol. The summed E-state index contributed by atoms with van der Waals surface area (Å²) >= 11 is 1.73. The monoisotopic (exact) mass is 319 g/mol. The van der Waals surface area contributed by atoms with E-state index in [-0.39, 0.29) is 11.9 Å². The maximum absolute atomic E-state index is 12.5. The van der Waals surface area contributed by atoms with Gasteiger partial charge in [-0.3, -0.25) is 4.79 Å². The quantitative estimate of drug-likeness (QED) is 0.819. The summed E-state index contributed by atoms with van der Waals surface area (Å²) in [6.07, 6.45) is 4.93. The molecule has 0 radical (unpaired) electrons. The Labute approximate surface area is 134 Å². The first-order chi connectivity index (χ1) is 10.8. The largest absolute Gasteiger partial charge is 0.339 e. The first-order valence-electron chi connectivity index (χ1n) is 7.92. The summed E-state index contributed by atoms with van der Waals surface area (Å²) < 4.78 is 5.20. The Morgan fingerprint density at radius 1 is 1.50 bits per heavy atom. The molecular formula is C16H21N3O2S. The number of hydrogen-bond donors (Lipinski definition) is 0. The van der Waals surface area contributed by atoms with Gasteiger partial charge in [0.25, 0.3) is 0 Å². The number of rotatable bonds is 6. The van der Waals surface area contributed by atoms with Crippen molar-refractivity contribution in [2.75, 3.05) is 6.54 Å². The molecule has 0 aliphatic carbocycles. The van der Waals surface area contributed by atoms with Gasteiger partial charge in [-0.2, -0.15) is 4.98 Å². The second-order valence-electron chi connectivity index (χ2n) is 5.61. The van der Waals surface area contributed by atoms with Gasteiger partial charge in [0, 0.05) is 30.7 Å². The van der Waals surface area contributed by atoms with Crippen LogP contribution in [-0.4, -0.2) is 27.5 Å². The van der Waals surface area contributed by atoms with Crippen molar-refractivity contribution < 1.29 is 9.32 Å². The van der Waals surface area contributed by atoms with E-state index in [0.717, 1.165) is 38.1 Å². The minimum atomic E-state index is 0.186. The fourth-order valence-corrected chi connectivity index (χ4v) is 3.79. The molecule has 0 unspecified atom stereocenters. The van der Waals surface area contributed by atoms with E-state index in [1.54, 1.807) is 11.3 Å². The van der Waals surface area contributed by atoms with Gasteiger partial charge >= 0.3 is 0 Å². The van der Waals surface area contributed by atoms with Gasteiger partial charge < -0.3 is 9.42 Å². The lowest BCUT2D eigenvalue weighted by atomic mass is 10.1. The minimum Gasteiger partial charge on any atom is -0.339 e. The molecule has 0 saturated carbocycles. The molecule has 1 saturated heterocycles. The molecule has 22 heavy (non-hydrogen) atoms. The third-order valence-corrected chi connectivity index (χ3v) is 4.95. The zero-order chi connectivity index (χ0) is 15.4. The predicted octanol–water partition coefficient (Wildman–Crippen LogP) is 3.38. The van der Waals surface area contributed by atoms with Gasteiger partial charge in [0.15, 0.2) is 5.82 Å². The molecule has 118 valence electrons. The lowest BCUT2D eigenvalue weighted by Crippen LogP contribution is -2.30. The summed E-state index contributed by atoms with van der Waals surface area (Å²) in [5, 5.41) is 6.00. The molecule has 5 nitrogen and oxygen atoms in total. The summed E-state index contributed by atoms with van der Waals surface area (Å²) in [4.78, 5) is 20.1. The molecule has 6 heteroatoms. The number of likely N-dealkylation sites (tertiary alicyclic amines) is 1. The van der Waals surface area contributed by atoms with Crippen LogP contribution in [-0.2, 0) is 17.6 Å². The Bertz CT molecular complexity index is 609. The maximum Gasteiger partial charge on any atom is 0.227 e. The van der Waals surface area contributed by atoms with E-state index in [9.17, 15) is 4.79 Å². The van der Waals surface area contributed by atoms with Crippen LogP contribution < -0.4 is 0 Å². The Morgan fingerprint density at radius 3 is 3.18 bits per heavy atom. The van der Waals surface area contributed by atoms with Crippen LogP contribution in [0.25, 0.3) is 0 Å². The number of aryl methyl sites for hydroxylation is 2. The van der Waals surface area contributed by atoms with Gasteiger partial charge in [-0.1, -0.05) is 18.1 Å². The van der Waals surface area contributed by atoms with Crippen LogP contribution in [0.1, 0.15) is 55.2 Å². The first kappa shape index (κ1) is 15.2. The highest BCUT2D eigenvalue weighted by atomic mass is 32.1. The minimum absolute atomic E-state index is 0.186. The second-order valence-corrected chi connectivity index (χ2v) is 6.59. The van der Waals surface area contributed by atoms with Crippen molar-refractivity contribution >= 4 is 17.2 Å². The molecule has 1 amide bonds. The van der Waals surface area contributed by atoms with Gasteiger partial charge in [-0.15, -0.1) is 11.3 Å². The van der Waals surface area contributed by atoms with Crippen LogP contribution >= 0.6 is 11.3 Å². The number of hydrogen-bond acceptors (Lipinski definition) is 5. The summed E-state index contributed by atoms with van der Waals surface area (Å²) in [6, 6.07) is 4.43. The van der Waals surface area contributed by atoms with Crippen LogP contribution in [0.15, 0.2) is 22.0 Å². The van der Waals surface area contributed by atoms with Gasteiger partial charge in [0.05, 0.1) is 6.04 Å². The molecule has 1 aliphatic rings. The third-order valence-electron chi connectivity index (χ3n) is 3.98.